The molecule has 0 saturated heterocycles. The third kappa shape index (κ3) is 2.91. The van der Waals surface area contributed by atoms with Gasteiger partial charge in [-0.3, -0.25) is 0 Å². The largest absolute Gasteiger partial charge is 0.496 e. The maximum atomic E-state index is 13.6. The summed E-state index contributed by atoms with van der Waals surface area (Å²) >= 11 is 0. The summed E-state index contributed by atoms with van der Waals surface area (Å²) in [7, 11) is -2.36. The van der Waals surface area contributed by atoms with Crippen LogP contribution >= 0.6 is 0 Å². The van der Waals surface area contributed by atoms with Crippen LogP contribution in [0.25, 0.3) is 0 Å². The minimum absolute atomic E-state index is 0.320. The zero-order chi connectivity index (χ0) is 14.8. The van der Waals surface area contributed by atoms with Crippen LogP contribution < -0.4 is 10.5 Å². The van der Waals surface area contributed by atoms with Crippen molar-refractivity contribution in [2.24, 2.45) is 0 Å². The van der Waals surface area contributed by atoms with Crippen LogP contribution in [0.4, 0.5) is 10.1 Å². The van der Waals surface area contributed by atoms with Gasteiger partial charge in [0.15, 0.2) is 9.84 Å². The molecule has 0 aliphatic heterocycles. The van der Waals surface area contributed by atoms with Gasteiger partial charge in [0.25, 0.3) is 0 Å². The number of sulfone groups is 1. The Hall–Kier alpha value is -2.08. The van der Waals surface area contributed by atoms with Crippen molar-refractivity contribution in [1.82, 2.24) is 0 Å². The Kier molecular flexibility index (Phi) is 3.94. The van der Waals surface area contributed by atoms with Gasteiger partial charge < -0.3 is 10.5 Å². The highest BCUT2D eigenvalue weighted by Gasteiger charge is 2.21. The van der Waals surface area contributed by atoms with E-state index in [0.717, 1.165) is 6.07 Å². The Morgan fingerprint density at radius 2 is 1.90 bits per heavy atom. The summed E-state index contributed by atoms with van der Waals surface area (Å²) in [6, 6.07) is 9.96. The third-order valence-corrected chi connectivity index (χ3v) is 4.52. The van der Waals surface area contributed by atoms with Crippen molar-refractivity contribution < 1.29 is 17.5 Å². The summed E-state index contributed by atoms with van der Waals surface area (Å²) < 4.78 is 43.2. The van der Waals surface area contributed by atoms with E-state index in [1.165, 1.54) is 31.4 Å². The minimum Gasteiger partial charge on any atom is -0.496 e. The molecule has 20 heavy (non-hydrogen) atoms. The van der Waals surface area contributed by atoms with E-state index in [1.807, 2.05) is 0 Å². The molecule has 0 spiro atoms. The average Bonchev–Trinajstić information content (AvgIpc) is 2.41. The number of rotatable bonds is 4. The van der Waals surface area contributed by atoms with Crippen LogP contribution in [0.5, 0.6) is 5.75 Å². The number of anilines is 1. The molecule has 0 aromatic heterocycles. The zero-order valence-electron chi connectivity index (χ0n) is 10.8. The lowest BCUT2D eigenvalue weighted by Crippen LogP contribution is -2.08. The first-order valence-electron chi connectivity index (χ1n) is 5.84. The minimum atomic E-state index is -3.79. The third-order valence-electron chi connectivity index (χ3n) is 2.83. The molecule has 106 valence electrons. The molecule has 2 aromatic carbocycles. The highest BCUT2D eigenvalue weighted by atomic mass is 32.2. The van der Waals surface area contributed by atoms with Gasteiger partial charge in [-0.05, 0) is 18.2 Å². The molecule has 6 heteroatoms. The number of halogens is 1. The van der Waals surface area contributed by atoms with Gasteiger partial charge >= 0.3 is 0 Å². The summed E-state index contributed by atoms with van der Waals surface area (Å²) in [5, 5.41) is 0. The lowest BCUT2D eigenvalue weighted by atomic mass is 10.2. The lowest BCUT2D eigenvalue weighted by Gasteiger charge is -2.10. The van der Waals surface area contributed by atoms with E-state index in [9.17, 15) is 12.8 Å². The Labute approximate surface area is 116 Å². The van der Waals surface area contributed by atoms with E-state index >= 15 is 0 Å². The lowest BCUT2D eigenvalue weighted by molar-refractivity contribution is 0.411. The highest BCUT2D eigenvalue weighted by molar-refractivity contribution is 7.90. The first kappa shape index (κ1) is 14.3. The quantitative estimate of drug-likeness (QED) is 0.879. The fraction of sp³-hybridized carbons (Fsp3) is 0.143. The molecule has 0 unspecified atom stereocenters. The van der Waals surface area contributed by atoms with Crippen molar-refractivity contribution in [3.05, 3.63) is 53.8 Å². The molecule has 0 aliphatic rings. The summed E-state index contributed by atoms with van der Waals surface area (Å²) in [6.45, 7) is 0. The second kappa shape index (κ2) is 5.50. The van der Waals surface area contributed by atoms with Crippen LogP contribution in [0.3, 0.4) is 0 Å². The van der Waals surface area contributed by atoms with Crippen molar-refractivity contribution in [3.8, 4) is 5.75 Å². The van der Waals surface area contributed by atoms with Crippen molar-refractivity contribution >= 4 is 15.5 Å². The summed E-state index contributed by atoms with van der Waals surface area (Å²) in [4.78, 5) is -0.320. The Bertz CT molecular complexity index is 729. The standard InChI is InChI=1S/C14H14FNO3S/c1-19-13-8-11(16)7-6-10(13)9-20(17,18)14-5-3-2-4-12(14)15/h2-8H,9,16H2,1H3. The molecule has 4 nitrogen and oxygen atoms in total. The number of ether oxygens (including phenoxy) is 1. The topological polar surface area (TPSA) is 69.4 Å². The normalized spacial score (nSPS) is 11.3. The molecule has 0 radical (unpaired) electrons. The molecule has 0 atom stereocenters. The van der Waals surface area contributed by atoms with Gasteiger partial charge in [0, 0.05) is 17.3 Å². The van der Waals surface area contributed by atoms with E-state index < -0.39 is 15.7 Å². The number of nitrogens with two attached hydrogens (primary N) is 1. The number of nitrogen functional groups attached to an aromatic ring is 1. The molecule has 2 aromatic rings. The van der Waals surface area contributed by atoms with Crippen LogP contribution in [-0.2, 0) is 15.6 Å². The van der Waals surface area contributed by atoms with E-state index in [2.05, 4.69) is 0 Å². The van der Waals surface area contributed by atoms with E-state index in [-0.39, 0.29) is 10.6 Å². The van der Waals surface area contributed by atoms with Gasteiger partial charge in [0.1, 0.15) is 16.5 Å². The SMILES string of the molecule is COc1cc(N)ccc1CS(=O)(=O)c1ccccc1F. The smallest absolute Gasteiger partial charge is 0.185 e. The van der Waals surface area contributed by atoms with Gasteiger partial charge in [0.2, 0.25) is 0 Å². The predicted octanol–water partition coefficient (Wildman–Crippen LogP) is 2.39. The van der Waals surface area contributed by atoms with Crippen LogP contribution in [-0.4, -0.2) is 15.5 Å². The molecule has 0 heterocycles. The second-order valence-electron chi connectivity index (χ2n) is 4.26. The summed E-state index contributed by atoms with van der Waals surface area (Å²) in [6.07, 6.45) is 0. The summed E-state index contributed by atoms with van der Waals surface area (Å²) in [5.41, 5.74) is 6.51. The Balaban J connectivity index is 2.41. The molecule has 2 rings (SSSR count). The van der Waals surface area contributed by atoms with Crippen molar-refractivity contribution in [2.45, 2.75) is 10.6 Å². The van der Waals surface area contributed by atoms with Crippen LogP contribution in [0.2, 0.25) is 0 Å². The molecule has 2 N–H and O–H groups in total. The number of hydrogen-bond donors (Lipinski definition) is 1. The fourth-order valence-electron chi connectivity index (χ4n) is 1.86. The van der Waals surface area contributed by atoms with Gasteiger partial charge in [-0.2, -0.15) is 0 Å². The zero-order valence-corrected chi connectivity index (χ0v) is 11.7. The molecule has 0 aliphatic carbocycles. The maximum Gasteiger partial charge on any atom is 0.185 e. The van der Waals surface area contributed by atoms with Gasteiger partial charge in [-0.25, -0.2) is 12.8 Å². The maximum absolute atomic E-state index is 13.6. The molecule has 0 fully saturated rings. The fourth-order valence-corrected chi connectivity index (χ4v) is 3.31. The van der Waals surface area contributed by atoms with Gasteiger partial charge in [-0.1, -0.05) is 18.2 Å². The monoisotopic (exact) mass is 295 g/mol. The number of methoxy groups -OCH3 is 1. The van der Waals surface area contributed by atoms with Gasteiger partial charge in [-0.15, -0.1) is 0 Å². The van der Waals surface area contributed by atoms with Crippen LogP contribution in [0.1, 0.15) is 5.56 Å². The molecular weight excluding hydrogens is 281 g/mol. The van der Waals surface area contributed by atoms with Crippen LogP contribution in [0.15, 0.2) is 47.4 Å². The predicted molar refractivity (Wildman–Crippen MR) is 74.7 cm³/mol. The number of benzene rings is 2. The molecule has 0 amide bonds. The van der Waals surface area contributed by atoms with Crippen molar-refractivity contribution in [3.63, 3.8) is 0 Å². The molecule has 0 saturated carbocycles. The van der Waals surface area contributed by atoms with Crippen molar-refractivity contribution in [2.75, 3.05) is 12.8 Å². The van der Waals surface area contributed by atoms with E-state index in [0.29, 0.717) is 17.0 Å². The number of hydrogen-bond acceptors (Lipinski definition) is 4. The summed E-state index contributed by atoms with van der Waals surface area (Å²) in [5.74, 6) is -0.746. The Morgan fingerprint density at radius 3 is 2.55 bits per heavy atom. The van der Waals surface area contributed by atoms with E-state index in [1.54, 1.807) is 12.1 Å². The first-order chi connectivity index (χ1) is 9.44. The molecule has 0 bridgehead atoms. The second-order valence-corrected chi connectivity index (χ2v) is 6.22. The van der Waals surface area contributed by atoms with Gasteiger partial charge in [0.05, 0.1) is 12.9 Å². The average molecular weight is 295 g/mol. The Morgan fingerprint density at radius 1 is 1.20 bits per heavy atom. The van der Waals surface area contributed by atoms with Crippen molar-refractivity contribution in [1.29, 1.82) is 0 Å². The highest BCUT2D eigenvalue weighted by Crippen LogP contribution is 2.26. The first-order valence-corrected chi connectivity index (χ1v) is 7.49. The molecular formula is C14H14FNO3S. The van der Waals surface area contributed by atoms with E-state index in [4.69, 9.17) is 10.5 Å². The van der Waals surface area contributed by atoms with Crippen LogP contribution in [0, 0.1) is 5.82 Å².